The number of carbonyl (C=O) groups excluding carboxylic acids is 2. The molecule has 1 amide bonds. The largest absolute Gasteiger partial charge is 0.456 e. The number of amides is 1. The van der Waals surface area contributed by atoms with E-state index in [2.05, 4.69) is 5.32 Å². The molecule has 9 heteroatoms. The van der Waals surface area contributed by atoms with E-state index in [0.717, 1.165) is 0 Å². The van der Waals surface area contributed by atoms with E-state index < -0.39 is 28.5 Å². The van der Waals surface area contributed by atoms with E-state index in [1.54, 1.807) is 13.8 Å². The third-order valence-electron chi connectivity index (χ3n) is 3.83. The van der Waals surface area contributed by atoms with Crippen LogP contribution in [0.2, 0.25) is 5.02 Å². The standard InChI is InChI=1S/C18H27ClN2O5S/c1-5-21(6-2)27(24,25)16-11-14(8-9-15(16)19)20-17(22)12-26-18(23)10-7-13(3)4/h8-9,11,13H,5-7,10,12H2,1-4H3,(H,20,22). The number of rotatable bonds is 10. The molecule has 0 spiro atoms. The molecule has 7 nitrogen and oxygen atoms in total. The first-order chi connectivity index (χ1) is 12.6. The Balaban J connectivity index is 2.80. The summed E-state index contributed by atoms with van der Waals surface area (Å²) in [6.07, 6.45) is 0.933. The minimum Gasteiger partial charge on any atom is -0.456 e. The fourth-order valence-corrected chi connectivity index (χ4v) is 4.26. The second-order valence-electron chi connectivity index (χ2n) is 6.38. The van der Waals surface area contributed by atoms with Crippen molar-refractivity contribution in [2.24, 2.45) is 5.92 Å². The number of hydrogen-bond acceptors (Lipinski definition) is 5. The number of esters is 1. The molecule has 0 aliphatic carbocycles. The number of anilines is 1. The Morgan fingerprint density at radius 2 is 1.85 bits per heavy atom. The molecule has 0 saturated carbocycles. The Labute approximate surface area is 166 Å². The minimum atomic E-state index is -3.77. The van der Waals surface area contributed by atoms with Gasteiger partial charge in [0.15, 0.2) is 6.61 Å². The summed E-state index contributed by atoms with van der Waals surface area (Å²) in [5, 5.41) is 2.59. The van der Waals surface area contributed by atoms with Gasteiger partial charge in [-0.05, 0) is 30.5 Å². The fourth-order valence-electron chi connectivity index (χ4n) is 2.30. The molecule has 152 valence electrons. The summed E-state index contributed by atoms with van der Waals surface area (Å²) in [6, 6.07) is 4.19. The number of sulfonamides is 1. The van der Waals surface area contributed by atoms with Gasteiger partial charge in [0, 0.05) is 25.2 Å². The van der Waals surface area contributed by atoms with E-state index >= 15 is 0 Å². The van der Waals surface area contributed by atoms with Crippen molar-refractivity contribution >= 4 is 39.2 Å². The Hall–Kier alpha value is -1.64. The molecule has 1 rings (SSSR count). The number of nitrogens with one attached hydrogen (secondary N) is 1. The number of nitrogens with zero attached hydrogens (tertiary/aromatic N) is 1. The highest BCUT2D eigenvalue weighted by atomic mass is 35.5. The summed E-state index contributed by atoms with van der Waals surface area (Å²) < 4.78 is 31.5. The Morgan fingerprint density at radius 3 is 2.41 bits per heavy atom. The zero-order valence-electron chi connectivity index (χ0n) is 16.1. The lowest BCUT2D eigenvalue weighted by molar-refractivity contribution is -0.147. The lowest BCUT2D eigenvalue weighted by Gasteiger charge is -2.19. The van der Waals surface area contributed by atoms with Crippen LogP contribution in [-0.4, -0.2) is 44.3 Å². The zero-order chi connectivity index (χ0) is 20.6. The highest BCUT2D eigenvalue weighted by Gasteiger charge is 2.25. The van der Waals surface area contributed by atoms with E-state index in [9.17, 15) is 18.0 Å². The summed E-state index contributed by atoms with van der Waals surface area (Å²) in [4.78, 5) is 23.5. The predicted octanol–water partition coefficient (Wildman–Crippen LogP) is 3.29. The maximum Gasteiger partial charge on any atom is 0.306 e. The molecule has 0 heterocycles. The fraction of sp³-hybridized carbons (Fsp3) is 0.556. The van der Waals surface area contributed by atoms with Crippen LogP contribution in [0, 0.1) is 5.92 Å². The van der Waals surface area contributed by atoms with Gasteiger partial charge in [-0.25, -0.2) is 8.42 Å². The molecule has 0 aromatic heterocycles. The summed E-state index contributed by atoms with van der Waals surface area (Å²) in [7, 11) is -3.77. The number of halogens is 1. The van der Waals surface area contributed by atoms with Gasteiger partial charge in [-0.2, -0.15) is 4.31 Å². The summed E-state index contributed by atoms with van der Waals surface area (Å²) in [5.74, 6) is -0.632. The SMILES string of the molecule is CCN(CC)S(=O)(=O)c1cc(NC(=O)COC(=O)CCC(C)C)ccc1Cl. The first kappa shape index (κ1) is 23.4. The van der Waals surface area contributed by atoms with Gasteiger partial charge >= 0.3 is 5.97 Å². The Morgan fingerprint density at radius 1 is 1.22 bits per heavy atom. The molecule has 0 radical (unpaired) electrons. The first-order valence-electron chi connectivity index (χ1n) is 8.86. The van der Waals surface area contributed by atoms with E-state index in [1.165, 1.54) is 22.5 Å². The monoisotopic (exact) mass is 418 g/mol. The molecule has 0 saturated heterocycles. The Kier molecular flexibility index (Phi) is 9.21. The minimum absolute atomic E-state index is 0.0695. The zero-order valence-corrected chi connectivity index (χ0v) is 17.7. The normalized spacial score (nSPS) is 11.7. The van der Waals surface area contributed by atoms with Gasteiger partial charge in [0.2, 0.25) is 10.0 Å². The molecule has 0 bridgehead atoms. The molecule has 0 atom stereocenters. The highest BCUT2D eigenvalue weighted by Crippen LogP contribution is 2.27. The predicted molar refractivity (Wildman–Crippen MR) is 105 cm³/mol. The molecule has 27 heavy (non-hydrogen) atoms. The maximum atomic E-state index is 12.7. The van der Waals surface area contributed by atoms with Crippen LogP contribution in [0.5, 0.6) is 0 Å². The van der Waals surface area contributed by atoms with Crippen LogP contribution in [0.25, 0.3) is 0 Å². The molecule has 1 aromatic rings. The molecular formula is C18H27ClN2O5S. The third-order valence-corrected chi connectivity index (χ3v) is 6.36. The second-order valence-corrected chi connectivity index (χ2v) is 8.69. The van der Waals surface area contributed by atoms with E-state index in [-0.39, 0.29) is 22.0 Å². The van der Waals surface area contributed by atoms with Crippen molar-refractivity contribution in [2.45, 2.75) is 45.4 Å². The molecule has 0 aliphatic rings. The van der Waals surface area contributed by atoms with Gasteiger partial charge in [0.05, 0.1) is 5.02 Å². The topological polar surface area (TPSA) is 92.8 Å². The van der Waals surface area contributed by atoms with Gasteiger partial charge in [-0.15, -0.1) is 0 Å². The molecular weight excluding hydrogens is 392 g/mol. The van der Waals surface area contributed by atoms with Crippen molar-refractivity contribution in [2.75, 3.05) is 25.0 Å². The molecule has 1 N–H and O–H groups in total. The van der Waals surface area contributed by atoms with Gasteiger partial charge in [0.1, 0.15) is 4.90 Å². The smallest absolute Gasteiger partial charge is 0.306 e. The van der Waals surface area contributed by atoms with E-state index in [0.29, 0.717) is 25.4 Å². The van der Waals surface area contributed by atoms with Crippen LogP contribution >= 0.6 is 11.6 Å². The molecule has 1 aromatic carbocycles. The molecule has 0 aliphatic heterocycles. The first-order valence-corrected chi connectivity index (χ1v) is 10.7. The number of benzene rings is 1. The Bertz CT molecular complexity index is 761. The lowest BCUT2D eigenvalue weighted by Crippen LogP contribution is -2.31. The van der Waals surface area contributed by atoms with Gasteiger partial charge < -0.3 is 10.1 Å². The number of ether oxygens (including phenoxy) is 1. The molecule has 0 unspecified atom stereocenters. The van der Waals surface area contributed by atoms with Gasteiger partial charge in [0.25, 0.3) is 5.91 Å². The molecule has 0 fully saturated rings. The number of hydrogen-bond donors (Lipinski definition) is 1. The van der Waals surface area contributed by atoms with Crippen LogP contribution in [-0.2, 0) is 24.3 Å². The van der Waals surface area contributed by atoms with Crippen LogP contribution in [0.3, 0.4) is 0 Å². The van der Waals surface area contributed by atoms with Crippen molar-refractivity contribution in [1.29, 1.82) is 0 Å². The summed E-state index contributed by atoms with van der Waals surface area (Å²) in [6.45, 7) is 7.62. The van der Waals surface area contributed by atoms with Gasteiger partial charge in [-0.1, -0.05) is 39.3 Å². The second kappa shape index (κ2) is 10.6. The van der Waals surface area contributed by atoms with Crippen molar-refractivity contribution in [3.63, 3.8) is 0 Å². The van der Waals surface area contributed by atoms with Crippen molar-refractivity contribution in [3.8, 4) is 0 Å². The van der Waals surface area contributed by atoms with Gasteiger partial charge in [-0.3, -0.25) is 9.59 Å². The number of carbonyl (C=O) groups is 2. The van der Waals surface area contributed by atoms with Crippen molar-refractivity contribution < 1.29 is 22.7 Å². The average Bonchev–Trinajstić information content (AvgIpc) is 2.60. The van der Waals surface area contributed by atoms with Crippen LogP contribution in [0.1, 0.15) is 40.5 Å². The van der Waals surface area contributed by atoms with Crippen LogP contribution in [0.15, 0.2) is 23.1 Å². The highest BCUT2D eigenvalue weighted by molar-refractivity contribution is 7.89. The average molecular weight is 419 g/mol. The van der Waals surface area contributed by atoms with Crippen molar-refractivity contribution in [1.82, 2.24) is 4.31 Å². The lowest BCUT2D eigenvalue weighted by atomic mass is 10.1. The van der Waals surface area contributed by atoms with Crippen LogP contribution in [0.4, 0.5) is 5.69 Å². The van der Waals surface area contributed by atoms with Crippen molar-refractivity contribution in [3.05, 3.63) is 23.2 Å². The summed E-state index contributed by atoms with van der Waals surface area (Å²) >= 11 is 6.05. The maximum absolute atomic E-state index is 12.7. The van der Waals surface area contributed by atoms with E-state index in [1.807, 2.05) is 13.8 Å². The quantitative estimate of drug-likeness (QED) is 0.588. The van der Waals surface area contributed by atoms with E-state index in [4.69, 9.17) is 16.3 Å². The van der Waals surface area contributed by atoms with Crippen LogP contribution < -0.4 is 5.32 Å². The third kappa shape index (κ3) is 7.12. The summed E-state index contributed by atoms with van der Waals surface area (Å²) in [5.41, 5.74) is 0.258.